The van der Waals surface area contributed by atoms with E-state index in [9.17, 15) is 27.2 Å². The lowest BCUT2D eigenvalue weighted by molar-refractivity contribution is -0.0887. The Kier molecular flexibility index (Phi) is 6.50. The Bertz CT molecular complexity index is 658. The third kappa shape index (κ3) is 5.63. The number of hydrogen-bond donors (Lipinski definition) is 5. The third-order valence-electron chi connectivity index (χ3n) is 4.58. The average Bonchev–Trinajstić information content (AvgIpc) is 2.47. The molecule has 5 unspecified atom stereocenters. The zero-order valence-corrected chi connectivity index (χ0v) is 15.3. The number of benzene rings is 1. The van der Waals surface area contributed by atoms with E-state index >= 15 is 0 Å². The average molecular weight is 396 g/mol. The summed E-state index contributed by atoms with van der Waals surface area (Å²) >= 11 is 0. The summed E-state index contributed by atoms with van der Waals surface area (Å²) in [5.41, 5.74) is 0.801. The highest BCUT2D eigenvalue weighted by Crippen LogP contribution is 2.51. The van der Waals surface area contributed by atoms with E-state index in [0.717, 1.165) is 5.56 Å². The van der Waals surface area contributed by atoms with Crippen molar-refractivity contribution in [3.05, 3.63) is 35.9 Å². The molecule has 0 saturated heterocycles. The van der Waals surface area contributed by atoms with Gasteiger partial charge in [0.2, 0.25) is 0 Å². The van der Waals surface area contributed by atoms with Crippen molar-refractivity contribution >= 4 is 21.0 Å². The predicted octanol–water partition coefficient (Wildman–Crippen LogP) is 2.07. The van der Waals surface area contributed by atoms with Crippen molar-refractivity contribution in [2.75, 3.05) is 5.75 Å². The molecule has 10 heteroatoms. The Morgan fingerprint density at radius 1 is 1.12 bits per heavy atom. The van der Waals surface area contributed by atoms with Crippen LogP contribution in [0.15, 0.2) is 30.3 Å². The maximum absolute atomic E-state index is 11.2. The summed E-state index contributed by atoms with van der Waals surface area (Å²) in [4.78, 5) is 0. The van der Waals surface area contributed by atoms with Crippen LogP contribution in [-0.2, 0) is 21.5 Å². The number of hydrogen-bond acceptors (Lipinski definition) is 7. The largest absolute Gasteiger partial charge is 0.390 e. The number of rotatable bonds is 6. The van der Waals surface area contributed by atoms with Gasteiger partial charge in [0, 0.05) is 0 Å². The van der Waals surface area contributed by atoms with Crippen LogP contribution in [0.3, 0.4) is 0 Å². The van der Waals surface area contributed by atoms with Gasteiger partial charge in [-0.2, -0.15) is 8.42 Å². The fraction of sp³-hybridized carbons (Fsp3) is 0.600. The molecular weight excluding hydrogens is 372 g/mol. The van der Waals surface area contributed by atoms with E-state index in [2.05, 4.69) is 0 Å². The molecule has 144 valence electrons. The quantitative estimate of drug-likeness (QED) is 0.460. The van der Waals surface area contributed by atoms with E-state index in [0.29, 0.717) is 0 Å². The van der Waals surface area contributed by atoms with Gasteiger partial charge in [-0.3, -0.25) is 4.55 Å². The Morgan fingerprint density at radius 3 is 2.24 bits per heavy atom. The minimum atomic E-state index is -4.31. The normalized spacial score (nSPS) is 31.7. The lowest BCUT2D eigenvalue weighted by atomic mass is 9.78. The summed E-state index contributed by atoms with van der Waals surface area (Å²) in [5, 5.41) is 9.07. The maximum Gasteiger partial charge on any atom is 0.265 e. The number of aliphatic hydroxyl groups is 1. The first-order chi connectivity index (χ1) is 11.5. The molecule has 1 aromatic rings. The molecule has 0 amide bonds. The molecular formula is C15H24O8S2. The van der Waals surface area contributed by atoms with Gasteiger partial charge in [0.1, 0.15) is 6.10 Å². The molecule has 1 saturated carbocycles. The Labute approximate surface area is 148 Å². The number of aliphatic hydroxyl groups excluding tert-OH is 1. The van der Waals surface area contributed by atoms with Crippen LogP contribution < -0.4 is 0 Å². The summed E-state index contributed by atoms with van der Waals surface area (Å²) in [6, 6.07) is 9.03. The molecule has 0 bridgehead atoms. The highest BCUT2D eigenvalue weighted by Gasteiger charge is 2.50. The van der Waals surface area contributed by atoms with Crippen LogP contribution in [-0.4, -0.2) is 54.9 Å². The standard InChI is InChI=1S/C15H24O8S2/c1-10-12(9-24(17,18)19)7-13(16)14(15(10)25(20,21)22)23-8-11-5-3-2-4-6-11/h2-6,10,12-16,20-22H,7-9H2,1H3,(H,17,18,19). The second-order valence-electron chi connectivity index (χ2n) is 6.46. The van der Waals surface area contributed by atoms with Gasteiger partial charge in [-0.1, -0.05) is 37.3 Å². The van der Waals surface area contributed by atoms with Crippen molar-refractivity contribution in [3.8, 4) is 0 Å². The van der Waals surface area contributed by atoms with E-state index in [1.807, 2.05) is 6.07 Å². The molecule has 8 nitrogen and oxygen atoms in total. The van der Waals surface area contributed by atoms with Gasteiger partial charge in [0.05, 0.1) is 34.6 Å². The van der Waals surface area contributed by atoms with E-state index in [1.54, 1.807) is 24.3 Å². The lowest BCUT2D eigenvalue weighted by Crippen LogP contribution is -2.53. The highest BCUT2D eigenvalue weighted by atomic mass is 32.3. The summed E-state index contributed by atoms with van der Waals surface area (Å²) in [6.07, 6.45) is -2.30. The molecule has 1 aliphatic rings. The van der Waals surface area contributed by atoms with Gasteiger partial charge >= 0.3 is 0 Å². The minimum Gasteiger partial charge on any atom is -0.390 e. The van der Waals surface area contributed by atoms with Crippen molar-refractivity contribution in [3.63, 3.8) is 0 Å². The van der Waals surface area contributed by atoms with Gasteiger partial charge in [-0.05, 0) is 23.8 Å². The molecule has 0 aliphatic heterocycles. The molecule has 5 N–H and O–H groups in total. The molecule has 25 heavy (non-hydrogen) atoms. The molecule has 2 rings (SSSR count). The van der Waals surface area contributed by atoms with Gasteiger partial charge < -0.3 is 23.5 Å². The zero-order chi connectivity index (χ0) is 18.8. The topological polar surface area (TPSA) is 145 Å². The molecule has 0 heterocycles. The molecule has 0 aromatic heterocycles. The van der Waals surface area contributed by atoms with Crippen LogP contribution in [0.2, 0.25) is 0 Å². The van der Waals surface area contributed by atoms with Crippen molar-refractivity contribution < 1.29 is 36.5 Å². The fourth-order valence-electron chi connectivity index (χ4n) is 3.38. The molecule has 1 aliphatic carbocycles. The van der Waals surface area contributed by atoms with Gasteiger partial charge in [0.15, 0.2) is 0 Å². The first kappa shape index (κ1) is 20.6. The van der Waals surface area contributed by atoms with E-state index < -0.39 is 56.0 Å². The summed E-state index contributed by atoms with van der Waals surface area (Å²) in [6.45, 7) is 1.62. The smallest absolute Gasteiger partial charge is 0.265 e. The van der Waals surface area contributed by atoms with Crippen molar-refractivity contribution in [2.45, 2.75) is 37.4 Å². The van der Waals surface area contributed by atoms with Crippen molar-refractivity contribution in [2.24, 2.45) is 11.8 Å². The summed E-state index contributed by atoms with van der Waals surface area (Å²) < 4.78 is 66.4. The summed E-state index contributed by atoms with van der Waals surface area (Å²) in [7, 11) is -8.42. The Morgan fingerprint density at radius 2 is 1.72 bits per heavy atom. The highest BCUT2D eigenvalue weighted by molar-refractivity contribution is 8.20. The number of ether oxygens (including phenoxy) is 1. The maximum atomic E-state index is 11.2. The zero-order valence-electron chi connectivity index (χ0n) is 13.7. The van der Waals surface area contributed by atoms with E-state index in [1.165, 1.54) is 6.92 Å². The van der Waals surface area contributed by atoms with Gasteiger partial charge in [0.25, 0.3) is 10.1 Å². The monoisotopic (exact) mass is 396 g/mol. The molecule has 5 atom stereocenters. The lowest BCUT2D eigenvalue weighted by Gasteiger charge is -2.47. The third-order valence-corrected chi connectivity index (χ3v) is 6.86. The van der Waals surface area contributed by atoms with Crippen molar-refractivity contribution in [1.82, 2.24) is 0 Å². The first-order valence-electron chi connectivity index (χ1n) is 7.77. The predicted molar refractivity (Wildman–Crippen MR) is 94.0 cm³/mol. The van der Waals surface area contributed by atoms with Crippen LogP contribution in [0.4, 0.5) is 0 Å². The molecule has 0 spiro atoms. The first-order valence-corrected chi connectivity index (χ1v) is 10.9. The van der Waals surface area contributed by atoms with Crippen LogP contribution in [0.1, 0.15) is 18.9 Å². The summed E-state index contributed by atoms with van der Waals surface area (Å²) in [5.74, 6) is -2.09. The van der Waals surface area contributed by atoms with Crippen LogP contribution >= 0.6 is 10.9 Å². The van der Waals surface area contributed by atoms with E-state index in [-0.39, 0.29) is 13.0 Å². The van der Waals surface area contributed by atoms with Crippen molar-refractivity contribution in [1.29, 1.82) is 0 Å². The second-order valence-corrected chi connectivity index (χ2v) is 9.62. The fourth-order valence-corrected chi connectivity index (χ4v) is 5.77. The van der Waals surface area contributed by atoms with Crippen LogP contribution in [0.5, 0.6) is 0 Å². The SMILES string of the molecule is CC1C(CS(=O)(=O)O)CC(O)C(OCc2ccccc2)C1S(O)(O)O. The van der Waals surface area contributed by atoms with E-state index in [4.69, 9.17) is 9.29 Å². The second kappa shape index (κ2) is 7.89. The van der Waals surface area contributed by atoms with Gasteiger partial charge in [-0.25, -0.2) is 0 Å². The molecule has 1 fully saturated rings. The minimum absolute atomic E-state index is 0.00751. The Hall–Kier alpha value is -0.720. The Balaban J connectivity index is 2.20. The van der Waals surface area contributed by atoms with Crippen LogP contribution in [0.25, 0.3) is 0 Å². The van der Waals surface area contributed by atoms with Gasteiger partial charge in [-0.15, -0.1) is 0 Å². The molecule has 0 radical (unpaired) electrons. The van der Waals surface area contributed by atoms with Crippen LogP contribution in [0, 0.1) is 11.8 Å². The molecule has 1 aromatic carbocycles.